The van der Waals surface area contributed by atoms with Crippen LogP contribution in [-0.4, -0.2) is 14.7 Å². The van der Waals surface area contributed by atoms with Crippen LogP contribution in [0.1, 0.15) is 52.7 Å². The second-order valence-electron chi connectivity index (χ2n) is 7.20. The molecule has 4 nitrogen and oxygen atoms in total. The predicted molar refractivity (Wildman–Crippen MR) is 88.9 cm³/mol. The van der Waals surface area contributed by atoms with Crippen LogP contribution in [0.5, 0.6) is 5.75 Å². The zero-order valence-corrected chi connectivity index (χ0v) is 15.5. The van der Waals surface area contributed by atoms with Crippen LogP contribution in [0.4, 0.5) is 0 Å². The fourth-order valence-electron chi connectivity index (χ4n) is 2.08. The summed E-state index contributed by atoms with van der Waals surface area (Å²) in [5.74, 6) is 0.0562. The van der Waals surface area contributed by atoms with Crippen molar-refractivity contribution in [3.63, 3.8) is 0 Å². The van der Waals surface area contributed by atoms with Crippen molar-refractivity contribution in [3.8, 4) is 5.75 Å². The number of rotatable bonds is 2. The van der Waals surface area contributed by atoms with E-state index in [1.54, 1.807) is 12.1 Å². The summed E-state index contributed by atoms with van der Waals surface area (Å²) in [6.07, 6.45) is 0. The van der Waals surface area contributed by atoms with Gasteiger partial charge in [-0.05, 0) is 0 Å². The third-order valence-electron chi connectivity index (χ3n) is 2.92. The summed E-state index contributed by atoms with van der Waals surface area (Å²) in [6, 6.07) is 3.27. The summed E-state index contributed by atoms with van der Waals surface area (Å²) in [6.45, 7) is 6.13. The van der Waals surface area contributed by atoms with Gasteiger partial charge in [-0.2, -0.15) is 0 Å². The summed E-state index contributed by atoms with van der Waals surface area (Å²) >= 11 is 11.8. The molecule has 0 aliphatic heterocycles. The molecule has 0 fully saturated rings. The topological polar surface area (TPSA) is 69.9 Å². The number of hydrogen-bond acceptors (Lipinski definition) is 4. The van der Waals surface area contributed by atoms with Gasteiger partial charge in [-0.15, -0.1) is 0 Å². The van der Waals surface area contributed by atoms with Crippen molar-refractivity contribution < 1.29 is 19.2 Å². The molecule has 0 amide bonds. The van der Waals surface area contributed by atoms with E-state index in [4.69, 9.17) is 27.4 Å². The molecule has 0 radical (unpaired) electrons. The van der Waals surface area contributed by atoms with Crippen molar-refractivity contribution in [2.75, 3.05) is 0 Å². The Hall–Kier alpha value is -0.0900. The third-order valence-corrected chi connectivity index (χ3v) is 4.03. The predicted octanol–water partition coefficient (Wildman–Crippen LogP) is 4.66. The van der Waals surface area contributed by atoms with Gasteiger partial charge in [-0.1, -0.05) is 0 Å². The Bertz CT molecular complexity index is 542. The second-order valence-corrected chi connectivity index (χ2v) is 11.2. The van der Waals surface area contributed by atoms with Crippen molar-refractivity contribution in [1.29, 1.82) is 0 Å². The Morgan fingerprint density at radius 1 is 0.952 bits per heavy atom. The van der Waals surface area contributed by atoms with Gasteiger partial charge in [0.15, 0.2) is 0 Å². The first-order chi connectivity index (χ1) is 8.98. The summed E-state index contributed by atoms with van der Waals surface area (Å²) in [4.78, 5) is 28.2. The minimum atomic E-state index is -5.65. The van der Waals surface area contributed by atoms with E-state index in [1.807, 2.05) is 41.5 Å². The van der Waals surface area contributed by atoms with E-state index in [9.17, 15) is 14.7 Å². The summed E-state index contributed by atoms with van der Waals surface area (Å²) < 4.78 is 4.87. The van der Waals surface area contributed by atoms with Crippen LogP contribution in [0.3, 0.4) is 0 Å². The molecule has 0 heterocycles. The molecule has 122 valence electrons. The van der Waals surface area contributed by atoms with Gasteiger partial charge in [0.1, 0.15) is 0 Å². The number of benzene rings is 1. The van der Waals surface area contributed by atoms with Gasteiger partial charge in [0, 0.05) is 0 Å². The van der Waals surface area contributed by atoms with Gasteiger partial charge in [0.05, 0.1) is 0 Å². The molecule has 3 N–H and O–H groups in total. The van der Waals surface area contributed by atoms with Crippen LogP contribution in [0.25, 0.3) is 0 Å². The van der Waals surface area contributed by atoms with Crippen LogP contribution in [0.2, 0.25) is 5.02 Å². The van der Waals surface area contributed by atoms with Crippen LogP contribution in [0, 0.1) is 0 Å². The fourth-order valence-corrected chi connectivity index (χ4v) is 3.52. The Kier molecular flexibility index (Phi) is 4.72. The second kappa shape index (κ2) is 5.23. The molecular formula is C14H23Cl2O4P. The van der Waals surface area contributed by atoms with E-state index < -0.39 is 12.3 Å². The van der Waals surface area contributed by atoms with Gasteiger partial charge in [0.25, 0.3) is 0 Å². The molecule has 0 aromatic heterocycles. The maximum atomic E-state index is 9.39. The fraction of sp³-hybridized carbons (Fsp3) is 0.571. The van der Waals surface area contributed by atoms with Crippen molar-refractivity contribution in [1.82, 2.24) is 0 Å². The van der Waals surface area contributed by atoms with Crippen LogP contribution in [0.15, 0.2) is 12.1 Å². The zero-order valence-electron chi connectivity index (χ0n) is 13.1. The van der Waals surface area contributed by atoms with E-state index in [1.165, 1.54) is 0 Å². The quantitative estimate of drug-likeness (QED) is 0.674. The molecule has 1 aromatic rings. The molecule has 1 aromatic carbocycles. The first kappa shape index (κ1) is 19.0. The Balaban J connectivity index is 3.59. The molecule has 0 saturated carbocycles. The summed E-state index contributed by atoms with van der Waals surface area (Å²) in [5, 5.41) is 0.463. The molecule has 0 aliphatic rings. The molecule has 7 heteroatoms. The van der Waals surface area contributed by atoms with E-state index >= 15 is 0 Å². The number of halogens is 2. The number of hydrogen-bond donors (Lipinski definition) is 3. The van der Waals surface area contributed by atoms with E-state index in [0.717, 1.165) is 5.56 Å². The average Bonchev–Trinajstić information content (AvgIpc) is 2.08. The van der Waals surface area contributed by atoms with Crippen LogP contribution >= 0.6 is 29.7 Å². The summed E-state index contributed by atoms with van der Waals surface area (Å²) in [5.41, 5.74) is 0.812. The summed E-state index contributed by atoms with van der Waals surface area (Å²) in [7, 11) is 0. The maximum absolute atomic E-state index is 9.39. The van der Waals surface area contributed by atoms with E-state index in [0.29, 0.717) is 10.6 Å². The normalized spacial score (nSPS) is 15.5. The molecule has 0 unspecified atom stereocenters. The average molecular weight is 357 g/mol. The van der Waals surface area contributed by atoms with E-state index in [2.05, 4.69) is 0 Å². The van der Waals surface area contributed by atoms with Gasteiger partial charge in [-0.25, -0.2) is 0 Å². The van der Waals surface area contributed by atoms with Crippen LogP contribution in [-0.2, 0) is 10.8 Å². The molecule has 1 rings (SSSR count). The van der Waals surface area contributed by atoms with Crippen molar-refractivity contribution >= 4 is 29.7 Å². The molecule has 21 heavy (non-hydrogen) atoms. The monoisotopic (exact) mass is 356 g/mol. The van der Waals surface area contributed by atoms with E-state index in [-0.39, 0.29) is 11.2 Å². The molecule has 0 spiro atoms. The molecule has 0 atom stereocenters. The van der Waals surface area contributed by atoms with Gasteiger partial charge < -0.3 is 0 Å². The Morgan fingerprint density at radius 2 is 1.43 bits per heavy atom. The van der Waals surface area contributed by atoms with Gasteiger partial charge >= 0.3 is 135 Å². The SMILES string of the molecule is CC(C)(C)c1ccc(OP(O)(O)(O)Cl)c(C(C)(C)C)c1Cl. The Morgan fingerprint density at radius 3 is 1.76 bits per heavy atom. The molecular weight excluding hydrogens is 334 g/mol. The molecule has 0 bridgehead atoms. The van der Waals surface area contributed by atoms with Crippen molar-refractivity contribution in [2.24, 2.45) is 0 Å². The standard InChI is InChI=1S/C14H23Cl2O4P/c1-13(2,3)9-7-8-10(20-21(16,17,18)19)11(12(9)15)14(4,5)6/h7-8,17-19H,1-6H3. The minimum absolute atomic E-state index is 0.0562. The molecule has 0 aliphatic carbocycles. The van der Waals surface area contributed by atoms with Crippen molar-refractivity contribution in [2.45, 2.75) is 52.4 Å². The van der Waals surface area contributed by atoms with Gasteiger partial charge in [0.2, 0.25) is 0 Å². The van der Waals surface area contributed by atoms with Crippen molar-refractivity contribution in [3.05, 3.63) is 28.3 Å². The van der Waals surface area contributed by atoms with Crippen LogP contribution < -0.4 is 4.52 Å². The van der Waals surface area contributed by atoms with Gasteiger partial charge in [-0.3, -0.25) is 0 Å². The molecule has 0 saturated heterocycles. The third kappa shape index (κ3) is 5.24. The zero-order chi connectivity index (χ0) is 16.9. The Labute approximate surface area is 135 Å². The first-order valence-electron chi connectivity index (χ1n) is 6.51. The first-order valence-corrected chi connectivity index (χ1v) is 9.80.